The second-order valence-corrected chi connectivity index (χ2v) is 10.0. The smallest absolute Gasteiger partial charge is 0.123 e. The molecule has 0 spiro atoms. The van der Waals surface area contributed by atoms with Crippen LogP contribution in [-0.2, 0) is 5.41 Å². The molecular weight excluding hydrogens is 418 g/mol. The van der Waals surface area contributed by atoms with Gasteiger partial charge in [0.25, 0.3) is 0 Å². The zero-order chi connectivity index (χ0) is 20.9. The van der Waals surface area contributed by atoms with E-state index in [-0.39, 0.29) is 24.4 Å². The molecule has 3 rings (SSSR count). The third-order valence-corrected chi connectivity index (χ3v) is 6.68. The summed E-state index contributed by atoms with van der Waals surface area (Å²) in [6, 6.07) is 10.5. The molecule has 0 amide bonds. The number of methoxy groups -OCH3 is 1. The van der Waals surface area contributed by atoms with Crippen molar-refractivity contribution in [3.05, 3.63) is 46.2 Å². The van der Waals surface area contributed by atoms with Crippen molar-refractivity contribution in [3.8, 4) is 11.5 Å². The molecule has 0 radical (unpaired) electrons. The standard InChI is InChI=1S/C24H35NO3S.ClH/c1-24(2,3)20-14-19(27-4)11-12-21(20)28-16-18(26)15-25-23(17-8-5-6-9-17)22-10-7-13-29-22;/h7,10-14,17-18,23,25-26H,5-6,8-9,15-16H2,1-4H3;1H. The summed E-state index contributed by atoms with van der Waals surface area (Å²) in [6.07, 6.45) is 4.60. The average Bonchev–Trinajstić information content (AvgIpc) is 3.40. The predicted octanol–water partition coefficient (Wildman–Crippen LogP) is 5.74. The van der Waals surface area contributed by atoms with Crippen LogP contribution in [0.2, 0.25) is 0 Å². The summed E-state index contributed by atoms with van der Waals surface area (Å²) in [4.78, 5) is 1.37. The summed E-state index contributed by atoms with van der Waals surface area (Å²) in [5.41, 5.74) is 1.01. The van der Waals surface area contributed by atoms with Crippen LogP contribution in [0.25, 0.3) is 0 Å². The lowest BCUT2D eigenvalue weighted by Crippen LogP contribution is -2.36. The third-order valence-electron chi connectivity index (χ3n) is 5.72. The molecule has 0 aliphatic heterocycles. The molecule has 6 heteroatoms. The van der Waals surface area contributed by atoms with Crippen molar-refractivity contribution in [2.45, 2.75) is 64.0 Å². The monoisotopic (exact) mass is 453 g/mol. The zero-order valence-corrected chi connectivity index (χ0v) is 20.2. The number of hydrogen-bond acceptors (Lipinski definition) is 5. The van der Waals surface area contributed by atoms with Crippen LogP contribution in [0, 0.1) is 5.92 Å². The second kappa shape index (κ2) is 11.4. The van der Waals surface area contributed by atoms with E-state index in [0.717, 1.165) is 17.1 Å². The van der Waals surface area contributed by atoms with Crippen molar-refractivity contribution in [1.29, 1.82) is 0 Å². The normalized spacial score (nSPS) is 16.7. The molecule has 0 bridgehead atoms. The Morgan fingerprint density at radius 1 is 1.20 bits per heavy atom. The fourth-order valence-corrected chi connectivity index (χ4v) is 5.01. The first-order chi connectivity index (χ1) is 13.9. The van der Waals surface area contributed by atoms with Crippen LogP contribution in [0.15, 0.2) is 35.7 Å². The maximum Gasteiger partial charge on any atom is 0.123 e. The molecule has 2 N–H and O–H groups in total. The SMILES string of the molecule is COc1ccc(OCC(O)CNC(c2cccs2)C2CCCC2)c(C(C)(C)C)c1.Cl. The highest BCUT2D eigenvalue weighted by atomic mass is 35.5. The lowest BCUT2D eigenvalue weighted by molar-refractivity contribution is 0.0998. The molecule has 1 aliphatic rings. The van der Waals surface area contributed by atoms with Crippen LogP contribution in [-0.4, -0.2) is 31.5 Å². The van der Waals surface area contributed by atoms with Gasteiger partial charge in [-0.15, -0.1) is 23.7 Å². The molecule has 1 aromatic carbocycles. The summed E-state index contributed by atoms with van der Waals surface area (Å²) >= 11 is 1.80. The number of rotatable bonds is 9. The first-order valence-electron chi connectivity index (χ1n) is 10.6. The van der Waals surface area contributed by atoms with Gasteiger partial charge in [0.15, 0.2) is 0 Å². The fourth-order valence-electron chi connectivity index (χ4n) is 4.11. The van der Waals surface area contributed by atoms with Gasteiger partial charge in [0.2, 0.25) is 0 Å². The van der Waals surface area contributed by atoms with Crippen LogP contribution < -0.4 is 14.8 Å². The van der Waals surface area contributed by atoms with Crippen molar-refractivity contribution in [1.82, 2.24) is 5.32 Å². The minimum atomic E-state index is -0.561. The Labute approximate surface area is 191 Å². The average molecular weight is 454 g/mol. The van der Waals surface area contributed by atoms with E-state index in [1.807, 2.05) is 18.2 Å². The van der Waals surface area contributed by atoms with E-state index in [0.29, 0.717) is 18.5 Å². The molecule has 1 aromatic heterocycles. The Bertz CT molecular complexity index is 754. The van der Waals surface area contributed by atoms with Gasteiger partial charge in [0.1, 0.15) is 24.2 Å². The highest BCUT2D eigenvalue weighted by molar-refractivity contribution is 7.10. The maximum atomic E-state index is 10.6. The van der Waals surface area contributed by atoms with Gasteiger partial charge < -0.3 is 19.9 Å². The van der Waals surface area contributed by atoms with Gasteiger partial charge in [-0.25, -0.2) is 0 Å². The van der Waals surface area contributed by atoms with E-state index in [9.17, 15) is 5.11 Å². The van der Waals surface area contributed by atoms with Crippen LogP contribution in [0.3, 0.4) is 0 Å². The minimum Gasteiger partial charge on any atom is -0.497 e. The molecule has 2 aromatic rings. The molecule has 0 saturated heterocycles. The zero-order valence-electron chi connectivity index (χ0n) is 18.5. The Hall–Kier alpha value is -1.27. The quantitative estimate of drug-likeness (QED) is 0.508. The van der Waals surface area contributed by atoms with Gasteiger partial charge in [-0.3, -0.25) is 0 Å². The number of halogens is 1. The van der Waals surface area contributed by atoms with Gasteiger partial charge in [0.05, 0.1) is 7.11 Å². The van der Waals surface area contributed by atoms with Gasteiger partial charge in [-0.1, -0.05) is 39.7 Å². The van der Waals surface area contributed by atoms with Crippen LogP contribution in [0.5, 0.6) is 11.5 Å². The van der Waals surface area contributed by atoms with Gasteiger partial charge >= 0.3 is 0 Å². The lowest BCUT2D eigenvalue weighted by Gasteiger charge is -2.26. The lowest BCUT2D eigenvalue weighted by atomic mass is 9.86. The molecule has 2 atom stereocenters. The van der Waals surface area contributed by atoms with E-state index >= 15 is 0 Å². The topological polar surface area (TPSA) is 50.7 Å². The summed E-state index contributed by atoms with van der Waals surface area (Å²) < 4.78 is 11.4. The van der Waals surface area contributed by atoms with Crippen molar-refractivity contribution in [2.75, 3.05) is 20.3 Å². The van der Waals surface area contributed by atoms with E-state index in [4.69, 9.17) is 9.47 Å². The highest BCUT2D eigenvalue weighted by Gasteiger charge is 2.27. The fraction of sp³-hybridized carbons (Fsp3) is 0.583. The van der Waals surface area contributed by atoms with Crippen molar-refractivity contribution >= 4 is 23.7 Å². The van der Waals surface area contributed by atoms with Crippen molar-refractivity contribution in [2.24, 2.45) is 5.92 Å². The number of benzene rings is 1. The summed E-state index contributed by atoms with van der Waals surface area (Å²) in [6.45, 7) is 7.25. The molecule has 1 aliphatic carbocycles. The number of hydrogen-bond donors (Lipinski definition) is 2. The minimum absolute atomic E-state index is 0. The number of aliphatic hydroxyl groups excluding tert-OH is 1. The molecule has 1 saturated carbocycles. The van der Waals surface area contributed by atoms with Crippen molar-refractivity contribution < 1.29 is 14.6 Å². The van der Waals surface area contributed by atoms with Gasteiger partial charge in [-0.05, 0) is 53.8 Å². The Kier molecular flexibility index (Phi) is 9.48. The molecule has 1 heterocycles. The molecular formula is C24H36ClNO3S. The molecule has 1 fully saturated rings. The van der Waals surface area contributed by atoms with E-state index < -0.39 is 6.10 Å². The first kappa shape index (κ1) is 25.0. The largest absolute Gasteiger partial charge is 0.497 e. The molecule has 30 heavy (non-hydrogen) atoms. The summed E-state index contributed by atoms with van der Waals surface area (Å²) in [7, 11) is 1.67. The van der Waals surface area contributed by atoms with Gasteiger partial charge in [0, 0.05) is 23.0 Å². The number of thiophene rings is 1. The number of aliphatic hydroxyl groups is 1. The van der Waals surface area contributed by atoms with E-state index in [1.165, 1.54) is 30.6 Å². The summed E-state index contributed by atoms with van der Waals surface area (Å²) in [5, 5.41) is 16.3. The Balaban J connectivity index is 0.00000320. The molecule has 168 valence electrons. The Morgan fingerprint density at radius 2 is 1.93 bits per heavy atom. The highest BCUT2D eigenvalue weighted by Crippen LogP contribution is 2.37. The third kappa shape index (κ3) is 6.61. The van der Waals surface area contributed by atoms with Crippen molar-refractivity contribution in [3.63, 3.8) is 0 Å². The molecule has 4 nitrogen and oxygen atoms in total. The predicted molar refractivity (Wildman–Crippen MR) is 127 cm³/mol. The van der Waals surface area contributed by atoms with E-state index in [2.05, 4.69) is 43.6 Å². The van der Waals surface area contributed by atoms with E-state index in [1.54, 1.807) is 18.4 Å². The van der Waals surface area contributed by atoms with Crippen LogP contribution >= 0.6 is 23.7 Å². The second-order valence-electron chi connectivity index (χ2n) is 9.02. The van der Waals surface area contributed by atoms with Crippen LogP contribution in [0.4, 0.5) is 0 Å². The number of ether oxygens (including phenoxy) is 2. The molecule has 2 unspecified atom stereocenters. The number of nitrogens with one attached hydrogen (secondary N) is 1. The first-order valence-corrected chi connectivity index (χ1v) is 11.5. The maximum absolute atomic E-state index is 10.6. The summed E-state index contributed by atoms with van der Waals surface area (Å²) in [5.74, 6) is 2.29. The van der Waals surface area contributed by atoms with Gasteiger partial charge in [-0.2, -0.15) is 0 Å². The Morgan fingerprint density at radius 3 is 2.53 bits per heavy atom. The van der Waals surface area contributed by atoms with Crippen LogP contribution in [0.1, 0.15) is 62.9 Å².